The van der Waals surface area contributed by atoms with Gasteiger partial charge in [-0.25, -0.2) is 0 Å². The van der Waals surface area contributed by atoms with Gasteiger partial charge in [0.15, 0.2) is 0 Å². The van der Waals surface area contributed by atoms with Crippen molar-refractivity contribution in [1.82, 2.24) is 9.78 Å². The highest BCUT2D eigenvalue weighted by atomic mass is 79.9. The molecule has 1 rings (SSSR count). The second-order valence-corrected chi connectivity index (χ2v) is 5.83. The number of rotatable bonds is 6. The van der Waals surface area contributed by atoms with Crippen LogP contribution in [0.15, 0.2) is 4.47 Å². The van der Waals surface area contributed by atoms with E-state index in [2.05, 4.69) is 48.7 Å². The van der Waals surface area contributed by atoms with Gasteiger partial charge in [-0.1, -0.05) is 20.8 Å². The fourth-order valence-corrected chi connectivity index (χ4v) is 3.00. The van der Waals surface area contributed by atoms with Crippen molar-refractivity contribution < 1.29 is 4.79 Å². The molecule has 0 amide bonds. The molecule has 0 N–H and O–H groups in total. The maximum absolute atomic E-state index is 11.7. The Morgan fingerprint density at radius 1 is 1.39 bits per heavy atom. The van der Waals surface area contributed by atoms with Crippen LogP contribution in [-0.2, 0) is 24.2 Å². The van der Waals surface area contributed by atoms with Gasteiger partial charge in [0.05, 0.1) is 15.9 Å². The molecule has 0 aromatic carbocycles. The minimum atomic E-state index is 0.0769. The molecule has 1 atom stereocenters. The van der Waals surface area contributed by atoms with Gasteiger partial charge in [-0.15, -0.1) is 0 Å². The fourth-order valence-electron chi connectivity index (χ4n) is 2.27. The summed E-state index contributed by atoms with van der Waals surface area (Å²) in [5, 5.41) is 4.58. The number of hydrogen-bond acceptors (Lipinski definition) is 2. The van der Waals surface area contributed by atoms with Crippen LogP contribution < -0.4 is 0 Å². The van der Waals surface area contributed by atoms with Crippen molar-refractivity contribution >= 4 is 21.7 Å². The van der Waals surface area contributed by atoms with E-state index in [1.54, 1.807) is 6.92 Å². The summed E-state index contributed by atoms with van der Waals surface area (Å²) in [7, 11) is 0. The van der Waals surface area contributed by atoms with E-state index in [0.717, 1.165) is 35.2 Å². The number of aryl methyl sites for hydroxylation is 2. The van der Waals surface area contributed by atoms with Crippen molar-refractivity contribution in [2.75, 3.05) is 0 Å². The smallest absolute Gasteiger partial charge is 0.133 e. The molecular weight excluding hydrogens is 292 g/mol. The van der Waals surface area contributed by atoms with Gasteiger partial charge >= 0.3 is 0 Å². The first-order valence-electron chi connectivity index (χ1n) is 6.66. The quantitative estimate of drug-likeness (QED) is 0.803. The van der Waals surface area contributed by atoms with Crippen molar-refractivity contribution in [2.45, 2.75) is 54.0 Å². The van der Waals surface area contributed by atoms with Crippen LogP contribution in [0.1, 0.15) is 46.0 Å². The molecule has 3 nitrogen and oxygen atoms in total. The van der Waals surface area contributed by atoms with Gasteiger partial charge in [0, 0.05) is 18.9 Å². The molecule has 1 heterocycles. The molecule has 0 fully saturated rings. The summed E-state index contributed by atoms with van der Waals surface area (Å²) in [5.74, 6) is 0.700. The van der Waals surface area contributed by atoms with E-state index in [1.807, 2.05) is 4.68 Å². The van der Waals surface area contributed by atoms with Gasteiger partial charge in [0.1, 0.15) is 5.78 Å². The minimum absolute atomic E-state index is 0.0769. The molecular formula is C14H23BrN2O. The molecule has 0 aliphatic carbocycles. The third-order valence-electron chi connectivity index (χ3n) is 3.43. The number of aromatic nitrogens is 2. The van der Waals surface area contributed by atoms with E-state index in [-0.39, 0.29) is 11.7 Å². The molecule has 1 aromatic rings. The van der Waals surface area contributed by atoms with Gasteiger partial charge in [0.2, 0.25) is 0 Å². The average molecular weight is 315 g/mol. The summed E-state index contributed by atoms with van der Waals surface area (Å²) in [4.78, 5) is 11.7. The first-order valence-corrected chi connectivity index (χ1v) is 7.46. The number of Topliss-reactive ketones (excluding diaryl/α,β-unsaturated/α-hetero) is 1. The molecule has 1 unspecified atom stereocenters. The molecule has 102 valence electrons. The van der Waals surface area contributed by atoms with Gasteiger partial charge in [0.25, 0.3) is 0 Å². The highest BCUT2D eigenvalue weighted by molar-refractivity contribution is 9.10. The Bertz CT molecular complexity index is 424. The predicted molar refractivity (Wildman–Crippen MR) is 77.7 cm³/mol. The molecule has 0 spiro atoms. The molecule has 0 aliphatic rings. The number of hydrogen-bond donors (Lipinski definition) is 0. The van der Waals surface area contributed by atoms with Crippen LogP contribution in [0.2, 0.25) is 0 Å². The highest BCUT2D eigenvalue weighted by Crippen LogP contribution is 2.27. The summed E-state index contributed by atoms with van der Waals surface area (Å²) in [5.41, 5.74) is 2.24. The van der Waals surface area contributed by atoms with Crippen molar-refractivity contribution in [3.05, 3.63) is 15.9 Å². The third kappa shape index (κ3) is 3.22. The first-order chi connectivity index (χ1) is 8.42. The molecule has 0 aliphatic heterocycles. The van der Waals surface area contributed by atoms with Crippen LogP contribution in [0, 0.1) is 11.8 Å². The Morgan fingerprint density at radius 3 is 2.39 bits per heavy atom. The van der Waals surface area contributed by atoms with Gasteiger partial charge in [-0.3, -0.25) is 9.48 Å². The van der Waals surface area contributed by atoms with Crippen LogP contribution in [0.3, 0.4) is 0 Å². The molecule has 0 saturated carbocycles. The van der Waals surface area contributed by atoms with Gasteiger partial charge in [-0.2, -0.15) is 5.10 Å². The van der Waals surface area contributed by atoms with E-state index in [9.17, 15) is 4.79 Å². The number of carbonyl (C=O) groups is 1. The summed E-state index contributed by atoms with van der Waals surface area (Å²) >= 11 is 3.64. The largest absolute Gasteiger partial charge is 0.300 e. The first kappa shape index (κ1) is 15.4. The van der Waals surface area contributed by atoms with Crippen LogP contribution in [0.25, 0.3) is 0 Å². The maximum Gasteiger partial charge on any atom is 0.133 e. The predicted octanol–water partition coefficient (Wildman–Crippen LogP) is 3.63. The Labute approximate surface area is 118 Å². The summed E-state index contributed by atoms with van der Waals surface area (Å²) in [6.07, 6.45) is 1.68. The molecule has 0 radical (unpaired) electrons. The number of ketones is 1. The lowest BCUT2D eigenvalue weighted by Gasteiger charge is -2.18. The van der Waals surface area contributed by atoms with E-state index < -0.39 is 0 Å². The molecule has 0 bridgehead atoms. The van der Waals surface area contributed by atoms with Crippen molar-refractivity contribution in [3.8, 4) is 0 Å². The highest BCUT2D eigenvalue weighted by Gasteiger charge is 2.23. The lowest BCUT2D eigenvalue weighted by Crippen LogP contribution is -2.22. The summed E-state index contributed by atoms with van der Waals surface area (Å²) in [6, 6.07) is 0. The van der Waals surface area contributed by atoms with Crippen molar-refractivity contribution in [3.63, 3.8) is 0 Å². The Balaban J connectivity index is 3.08. The Kier molecular flexibility index (Phi) is 5.57. The van der Waals surface area contributed by atoms with Crippen LogP contribution >= 0.6 is 15.9 Å². The number of halogens is 1. The molecule has 0 saturated heterocycles. The van der Waals surface area contributed by atoms with E-state index >= 15 is 0 Å². The molecule has 18 heavy (non-hydrogen) atoms. The normalized spacial score (nSPS) is 13.1. The molecule has 1 aromatic heterocycles. The zero-order valence-corrected chi connectivity index (χ0v) is 13.5. The monoisotopic (exact) mass is 314 g/mol. The zero-order valence-electron chi connectivity index (χ0n) is 12.0. The SMILES string of the molecule is CCc1nn(CC)c(CC(C(C)=O)C(C)C)c1Br. The lowest BCUT2D eigenvalue weighted by molar-refractivity contribution is -0.122. The van der Waals surface area contributed by atoms with Crippen LogP contribution in [-0.4, -0.2) is 15.6 Å². The Morgan fingerprint density at radius 2 is 2.00 bits per heavy atom. The zero-order chi connectivity index (χ0) is 13.9. The third-order valence-corrected chi connectivity index (χ3v) is 4.35. The second-order valence-electron chi connectivity index (χ2n) is 5.04. The van der Waals surface area contributed by atoms with Crippen LogP contribution in [0.4, 0.5) is 0 Å². The average Bonchev–Trinajstić information content (AvgIpc) is 2.61. The number of carbonyl (C=O) groups excluding carboxylic acids is 1. The molecule has 4 heteroatoms. The lowest BCUT2D eigenvalue weighted by atomic mass is 9.88. The fraction of sp³-hybridized carbons (Fsp3) is 0.714. The minimum Gasteiger partial charge on any atom is -0.300 e. The van der Waals surface area contributed by atoms with Gasteiger partial charge < -0.3 is 0 Å². The van der Waals surface area contributed by atoms with Crippen molar-refractivity contribution in [2.24, 2.45) is 11.8 Å². The standard InChI is InChI=1S/C14H23BrN2O/c1-6-12-14(15)13(17(7-2)16-12)8-11(9(3)4)10(5)18/h9,11H,6-8H2,1-5H3. The maximum atomic E-state index is 11.7. The van der Waals surface area contributed by atoms with Crippen LogP contribution in [0.5, 0.6) is 0 Å². The second kappa shape index (κ2) is 6.50. The Hall–Kier alpha value is -0.640. The summed E-state index contributed by atoms with van der Waals surface area (Å²) in [6.45, 7) is 10.9. The van der Waals surface area contributed by atoms with Gasteiger partial charge in [-0.05, 0) is 42.1 Å². The summed E-state index contributed by atoms with van der Waals surface area (Å²) < 4.78 is 3.10. The van der Waals surface area contributed by atoms with E-state index in [1.165, 1.54) is 0 Å². The number of nitrogens with zero attached hydrogens (tertiary/aromatic N) is 2. The van der Waals surface area contributed by atoms with E-state index in [0.29, 0.717) is 5.92 Å². The topological polar surface area (TPSA) is 34.9 Å². The van der Waals surface area contributed by atoms with Crippen molar-refractivity contribution in [1.29, 1.82) is 0 Å². The van der Waals surface area contributed by atoms with E-state index in [4.69, 9.17) is 0 Å².